The third kappa shape index (κ3) is 4.55. The number of aryl methyl sites for hydroxylation is 2. The number of rotatable bonds is 6. The van der Waals surface area contributed by atoms with Crippen molar-refractivity contribution in [3.63, 3.8) is 0 Å². The third-order valence-corrected chi connectivity index (χ3v) is 4.75. The predicted molar refractivity (Wildman–Crippen MR) is 85.8 cm³/mol. The first-order valence-electron chi connectivity index (χ1n) is 7.26. The molecule has 0 bridgehead atoms. The highest BCUT2D eigenvalue weighted by Crippen LogP contribution is 2.23. The van der Waals surface area contributed by atoms with Gasteiger partial charge < -0.3 is 15.2 Å². The molecular weight excluding hydrogens is 350 g/mol. The van der Waals surface area contributed by atoms with Gasteiger partial charge in [-0.15, -0.1) is 0 Å². The van der Waals surface area contributed by atoms with Gasteiger partial charge in [-0.2, -0.15) is 0 Å². The second-order valence-corrected chi connectivity index (χ2v) is 6.64. The summed E-state index contributed by atoms with van der Waals surface area (Å²) in [5.74, 6) is -1.05. The lowest BCUT2D eigenvalue weighted by Crippen LogP contribution is -2.50. The molecule has 6 heteroatoms. The number of hydrogen-bond donors (Lipinski definition) is 2. The first kappa shape index (κ1) is 17.0. The van der Waals surface area contributed by atoms with E-state index in [0.717, 1.165) is 15.6 Å². The van der Waals surface area contributed by atoms with Gasteiger partial charge >= 0.3 is 5.97 Å². The topological polar surface area (TPSA) is 75.6 Å². The zero-order valence-electron chi connectivity index (χ0n) is 12.5. The van der Waals surface area contributed by atoms with Gasteiger partial charge in [0.2, 0.25) is 5.91 Å². The summed E-state index contributed by atoms with van der Waals surface area (Å²) in [6.07, 6.45) is 1.41. The number of benzene rings is 1. The summed E-state index contributed by atoms with van der Waals surface area (Å²) in [4.78, 5) is 23.1. The number of carboxylic acids is 1. The van der Waals surface area contributed by atoms with Crippen LogP contribution in [0.25, 0.3) is 0 Å². The van der Waals surface area contributed by atoms with Gasteiger partial charge in [0.25, 0.3) is 0 Å². The van der Waals surface area contributed by atoms with Crippen LogP contribution >= 0.6 is 15.9 Å². The lowest BCUT2D eigenvalue weighted by atomic mass is 9.94. The van der Waals surface area contributed by atoms with Crippen LogP contribution in [-0.2, 0) is 20.7 Å². The van der Waals surface area contributed by atoms with Crippen LogP contribution in [0.3, 0.4) is 0 Å². The Hall–Kier alpha value is -1.40. The number of nitrogens with one attached hydrogen (secondary N) is 1. The number of ether oxygens (including phenoxy) is 1. The lowest BCUT2D eigenvalue weighted by molar-refractivity contribution is -0.139. The van der Waals surface area contributed by atoms with E-state index >= 15 is 0 Å². The molecule has 0 spiro atoms. The summed E-state index contributed by atoms with van der Waals surface area (Å²) in [6, 6.07) is 6.00. The minimum Gasteiger partial charge on any atom is -0.481 e. The number of amides is 1. The maximum Gasteiger partial charge on any atom is 0.305 e. The van der Waals surface area contributed by atoms with Gasteiger partial charge in [-0.1, -0.05) is 28.1 Å². The van der Waals surface area contributed by atoms with Crippen molar-refractivity contribution in [2.24, 2.45) is 0 Å². The maximum atomic E-state index is 12.1. The molecule has 1 unspecified atom stereocenters. The smallest absolute Gasteiger partial charge is 0.305 e. The van der Waals surface area contributed by atoms with E-state index in [1.54, 1.807) is 0 Å². The summed E-state index contributed by atoms with van der Waals surface area (Å²) >= 11 is 3.45. The molecule has 1 aromatic carbocycles. The average molecular weight is 370 g/mol. The molecule has 2 N–H and O–H groups in total. The Bertz CT molecular complexity index is 567. The Morgan fingerprint density at radius 2 is 2.23 bits per heavy atom. The van der Waals surface area contributed by atoms with E-state index in [1.807, 2.05) is 25.1 Å². The first-order chi connectivity index (χ1) is 10.4. The predicted octanol–water partition coefficient (Wildman–Crippen LogP) is 2.44. The number of halogens is 1. The molecule has 5 nitrogen and oxygen atoms in total. The fraction of sp³-hybridized carbons (Fsp3) is 0.500. The van der Waals surface area contributed by atoms with Gasteiger partial charge in [0.05, 0.1) is 18.6 Å². The largest absolute Gasteiger partial charge is 0.481 e. The molecule has 0 radical (unpaired) electrons. The van der Waals surface area contributed by atoms with E-state index in [1.165, 1.54) is 0 Å². The van der Waals surface area contributed by atoms with Crippen molar-refractivity contribution in [3.05, 3.63) is 33.8 Å². The summed E-state index contributed by atoms with van der Waals surface area (Å²) in [6.45, 7) is 2.76. The molecular formula is C16H20BrNO4. The quantitative estimate of drug-likeness (QED) is 0.807. The van der Waals surface area contributed by atoms with E-state index in [0.29, 0.717) is 25.9 Å². The summed E-state index contributed by atoms with van der Waals surface area (Å²) < 4.78 is 6.32. The highest BCUT2D eigenvalue weighted by atomic mass is 79.9. The number of carbonyl (C=O) groups is 2. The minimum absolute atomic E-state index is 0.101. The second kappa shape index (κ2) is 7.24. The SMILES string of the molecule is Cc1cc(CCC(=O)NC2(CC(=O)O)CCOC2)ccc1Br. The highest BCUT2D eigenvalue weighted by molar-refractivity contribution is 9.10. The molecule has 1 aromatic rings. The molecule has 120 valence electrons. The summed E-state index contributed by atoms with van der Waals surface area (Å²) in [7, 11) is 0. The summed E-state index contributed by atoms with van der Waals surface area (Å²) in [5.41, 5.74) is 1.47. The van der Waals surface area contributed by atoms with Crippen molar-refractivity contribution in [1.29, 1.82) is 0 Å². The average Bonchev–Trinajstić information content (AvgIpc) is 2.87. The van der Waals surface area contributed by atoms with Crippen molar-refractivity contribution in [2.75, 3.05) is 13.2 Å². The highest BCUT2D eigenvalue weighted by Gasteiger charge is 2.38. The lowest BCUT2D eigenvalue weighted by Gasteiger charge is -2.27. The van der Waals surface area contributed by atoms with Crippen molar-refractivity contribution in [1.82, 2.24) is 5.32 Å². The molecule has 1 saturated heterocycles. The van der Waals surface area contributed by atoms with Crippen LogP contribution in [0.5, 0.6) is 0 Å². The molecule has 2 rings (SSSR count). The zero-order chi connectivity index (χ0) is 16.2. The van der Waals surface area contributed by atoms with Crippen LogP contribution in [0.15, 0.2) is 22.7 Å². The van der Waals surface area contributed by atoms with Crippen molar-refractivity contribution in [3.8, 4) is 0 Å². The molecule has 1 fully saturated rings. The van der Waals surface area contributed by atoms with Gasteiger partial charge in [0, 0.05) is 17.5 Å². The third-order valence-electron chi connectivity index (χ3n) is 3.86. The fourth-order valence-electron chi connectivity index (χ4n) is 2.66. The number of aliphatic carboxylic acids is 1. The Labute approximate surface area is 138 Å². The molecule has 22 heavy (non-hydrogen) atoms. The molecule has 0 aliphatic carbocycles. The molecule has 1 aliphatic heterocycles. The first-order valence-corrected chi connectivity index (χ1v) is 8.05. The second-order valence-electron chi connectivity index (χ2n) is 5.79. The van der Waals surface area contributed by atoms with Gasteiger partial charge in [0.15, 0.2) is 0 Å². The van der Waals surface area contributed by atoms with E-state index in [4.69, 9.17) is 9.84 Å². The van der Waals surface area contributed by atoms with E-state index in [-0.39, 0.29) is 18.9 Å². The van der Waals surface area contributed by atoms with Gasteiger partial charge in [-0.05, 0) is 37.0 Å². The molecule has 1 amide bonds. The maximum absolute atomic E-state index is 12.1. The Balaban J connectivity index is 1.91. The molecule has 1 heterocycles. The van der Waals surface area contributed by atoms with Crippen molar-refractivity contribution in [2.45, 2.75) is 38.1 Å². The Morgan fingerprint density at radius 3 is 2.82 bits per heavy atom. The normalized spacial score (nSPS) is 20.8. The van der Waals surface area contributed by atoms with Crippen LogP contribution in [0.2, 0.25) is 0 Å². The van der Waals surface area contributed by atoms with Crippen LogP contribution in [-0.4, -0.2) is 35.7 Å². The molecule has 1 atom stereocenters. The van der Waals surface area contributed by atoms with Gasteiger partial charge in [0.1, 0.15) is 0 Å². The van der Waals surface area contributed by atoms with Crippen LogP contribution in [0.1, 0.15) is 30.4 Å². The molecule has 0 saturated carbocycles. The van der Waals surface area contributed by atoms with Crippen molar-refractivity contribution < 1.29 is 19.4 Å². The number of carboxylic acid groups (broad SMARTS) is 1. The van der Waals surface area contributed by atoms with E-state index < -0.39 is 11.5 Å². The van der Waals surface area contributed by atoms with Crippen LogP contribution < -0.4 is 5.32 Å². The fourth-order valence-corrected chi connectivity index (χ4v) is 2.90. The van der Waals surface area contributed by atoms with Crippen molar-refractivity contribution >= 4 is 27.8 Å². The Kier molecular flexibility index (Phi) is 5.58. The number of carbonyl (C=O) groups excluding carboxylic acids is 1. The van der Waals surface area contributed by atoms with E-state index in [9.17, 15) is 9.59 Å². The monoisotopic (exact) mass is 369 g/mol. The van der Waals surface area contributed by atoms with Gasteiger partial charge in [-0.25, -0.2) is 0 Å². The van der Waals surface area contributed by atoms with Gasteiger partial charge in [-0.3, -0.25) is 9.59 Å². The zero-order valence-corrected chi connectivity index (χ0v) is 14.1. The van der Waals surface area contributed by atoms with Crippen LogP contribution in [0, 0.1) is 6.92 Å². The number of hydrogen-bond acceptors (Lipinski definition) is 3. The standard InChI is InChI=1S/C16H20BrNO4/c1-11-8-12(2-4-13(11)17)3-5-14(19)18-16(9-15(20)21)6-7-22-10-16/h2,4,8H,3,5-7,9-10H2,1H3,(H,18,19)(H,20,21). The Morgan fingerprint density at radius 1 is 1.45 bits per heavy atom. The minimum atomic E-state index is -0.922. The van der Waals surface area contributed by atoms with Crippen LogP contribution in [0.4, 0.5) is 0 Å². The molecule has 1 aliphatic rings. The molecule has 0 aromatic heterocycles. The summed E-state index contributed by atoms with van der Waals surface area (Å²) in [5, 5.41) is 11.9. The van der Waals surface area contributed by atoms with E-state index in [2.05, 4.69) is 21.2 Å².